The van der Waals surface area contributed by atoms with Gasteiger partial charge >= 0.3 is 0 Å². The summed E-state index contributed by atoms with van der Waals surface area (Å²) >= 11 is 0. The second kappa shape index (κ2) is 6.35. The SMILES string of the molecule is CCc1cc(NCc2cc(-c3ccccc3F)no2)n2nccc2n1. The fourth-order valence-electron chi connectivity index (χ4n) is 2.64. The van der Waals surface area contributed by atoms with Gasteiger partial charge in [0.2, 0.25) is 0 Å². The molecule has 0 aliphatic carbocycles. The van der Waals surface area contributed by atoms with Crippen molar-refractivity contribution >= 4 is 11.5 Å². The van der Waals surface area contributed by atoms with E-state index < -0.39 is 0 Å². The Morgan fingerprint density at radius 2 is 2.08 bits per heavy atom. The lowest BCUT2D eigenvalue weighted by Gasteiger charge is -2.08. The maximum absolute atomic E-state index is 13.8. The van der Waals surface area contributed by atoms with Gasteiger partial charge in [-0.25, -0.2) is 9.37 Å². The van der Waals surface area contributed by atoms with Crippen LogP contribution in [-0.2, 0) is 13.0 Å². The Morgan fingerprint density at radius 1 is 1.20 bits per heavy atom. The zero-order valence-corrected chi connectivity index (χ0v) is 13.6. The highest BCUT2D eigenvalue weighted by Crippen LogP contribution is 2.22. The van der Waals surface area contributed by atoms with E-state index in [4.69, 9.17) is 4.52 Å². The molecule has 4 aromatic rings. The number of anilines is 1. The number of aryl methyl sites for hydroxylation is 1. The molecule has 1 N–H and O–H groups in total. The van der Waals surface area contributed by atoms with Gasteiger partial charge in [0.15, 0.2) is 11.4 Å². The highest BCUT2D eigenvalue weighted by atomic mass is 19.1. The maximum Gasteiger partial charge on any atom is 0.157 e. The van der Waals surface area contributed by atoms with E-state index in [1.807, 2.05) is 12.1 Å². The van der Waals surface area contributed by atoms with Crippen molar-refractivity contribution < 1.29 is 8.91 Å². The molecular formula is C18H16FN5O. The number of halogens is 1. The van der Waals surface area contributed by atoms with Crippen LogP contribution in [0.15, 0.2) is 53.2 Å². The molecule has 25 heavy (non-hydrogen) atoms. The van der Waals surface area contributed by atoms with Crippen molar-refractivity contribution in [2.45, 2.75) is 19.9 Å². The molecule has 1 aromatic carbocycles. The van der Waals surface area contributed by atoms with Gasteiger partial charge in [-0.2, -0.15) is 9.61 Å². The van der Waals surface area contributed by atoms with Crippen LogP contribution < -0.4 is 5.32 Å². The van der Waals surface area contributed by atoms with Crippen LogP contribution in [0.4, 0.5) is 10.2 Å². The Balaban J connectivity index is 1.57. The summed E-state index contributed by atoms with van der Waals surface area (Å²) in [4.78, 5) is 4.51. The lowest BCUT2D eigenvalue weighted by molar-refractivity contribution is 0.389. The fraction of sp³-hybridized carbons (Fsp3) is 0.167. The predicted octanol–water partition coefficient (Wildman–Crippen LogP) is 3.70. The first-order valence-corrected chi connectivity index (χ1v) is 8.02. The van der Waals surface area contributed by atoms with Crippen molar-refractivity contribution in [3.05, 3.63) is 65.9 Å². The largest absolute Gasteiger partial charge is 0.363 e. The molecule has 0 bridgehead atoms. The fourth-order valence-corrected chi connectivity index (χ4v) is 2.64. The van der Waals surface area contributed by atoms with Crippen LogP contribution in [0.25, 0.3) is 16.9 Å². The summed E-state index contributed by atoms with van der Waals surface area (Å²) in [7, 11) is 0. The summed E-state index contributed by atoms with van der Waals surface area (Å²) in [6, 6.07) is 12.0. The summed E-state index contributed by atoms with van der Waals surface area (Å²) in [5.41, 5.74) is 2.65. The molecule has 3 heterocycles. The number of rotatable bonds is 5. The average molecular weight is 337 g/mol. The van der Waals surface area contributed by atoms with Crippen molar-refractivity contribution in [1.29, 1.82) is 0 Å². The monoisotopic (exact) mass is 337 g/mol. The Kier molecular flexibility index (Phi) is 3.89. The zero-order valence-electron chi connectivity index (χ0n) is 13.6. The van der Waals surface area contributed by atoms with Gasteiger partial charge in [0.1, 0.15) is 17.3 Å². The van der Waals surface area contributed by atoms with Gasteiger partial charge in [0, 0.05) is 29.5 Å². The summed E-state index contributed by atoms with van der Waals surface area (Å²) in [6.45, 7) is 2.46. The van der Waals surface area contributed by atoms with Gasteiger partial charge < -0.3 is 9.84 Å². The minimum Gasteiger partial charge on any atom is -0.363 e. The summed E-state index contributed by atoms with van der Waals surface area (Å²) in [5, 5.41) is 11.5. The molecule has 0 atom stereocenters. The van der Waals surface area contributed by atoms with Crippen LogP contribution in [-0.4, -0.2) is 19.8 Å². The maximum atomic E-state index is 13.8. The molecule has 0 saturated heterocycles. The summed E-state index contributed by atoms with van der Waals surface area (Å²) < 4.78 is 20.9. The van der Waals surface area contributed by atoms with E-state index in [0.29, 0.717) is 23.6 Å². The van der Waals surface area contributed by atoms with Gasteiger partial charge in [-0.05, 0) is 18.6 Å². The summed E-state index contributed by atoms with van der Waals surface area (Å²) in [6.07, 6.45) is 2.54. The van der Waals surface area contributed by atoms with Gasteiger partial charge in [0.25, 0.3) is 0 Å². The van der Waals surface area contributed by atoms with Gasteiger partial charge in [-0.3, -0.25) is 0 Å². The van der Waals surface area contributed by atoms with Gasteiger partial charge in [0.05, 0.1) is 12.7 Å². The third-order valence-corrected chi connectivity index (χ3v) is 3.93. The molecule has 0 saturated carbocycles. The van der Waals surface area contributed by atoms with Crippen molar-refractivity contribution in [3.63, 3.8) is 0 Å². The number of fused-ring (bicyclic) bond motifs is 1. The molecule has 7 heteroatoms. The molecule has 0 unspecified atom stereocenters. The van der Waals surface area contributed by atoms with Crippen molar-refractivity contribution in [2.24, 2.45) is 0 Å². The van der Waals surface area contributed by atoms with Crippen LogP contribution in [0.3, 0.4) is 0 Å². The average Bonchev–Trinajstić information content (AvgIpc) is 3.29. The normalized spacial score (nSPS) is 11.1. The molecule has 0 radical (unpaired) electrons. The first-order chi connectivity index (χ1) is 12.2. The molecule has 0 spiro atoms. The van der Waals surface area contributed by atoms with Crippen LogP contribution in [0.1, 0.15) is 18.4 Å². The quantitative estimate of drug-likeness (QED) is 0.601. The van der Waals surface area contributed by atoms with Crippen LogP contribution in [0.2, 0.25) is 0 Å². The standard InChI is InChI=1S/C18H16FN5O/c1-2-12-9-18(24-17(22-12)7-8-21-24)20-11-13-10-16(23-25-13)14-5-3-4-6-15(14)19/h3-10,20H,2,11H2,1H3. The number of benzene rings is 1. The molecule has 126 valence electrons. The number of hydrogen-bond donors (Lipinski definition) is 1. The van der Waals surface area contributed by atoms with Crippen molar-refractivity contribution in [1.82, 2.24) is 19.8 Å². The third kappa shape index (κ3) is 2.96. The number of aromatic nitrogens is 4. The predicted molar refractivity (Wildman–Crippen MR) is 91.6 cm³/mol. The highest BCUT2D eigenvalue weighted by Gasteiger charge is 2.11. The van der Waals surface area contributed by atoms with Crippen molar-refractivity contribution in [2.75, 3.05) is 5.32 Å². The van der Waals surface area contributed by atoms with E-state index in [-0.39, 0.29) is 5.82 Å². The smallest absolute Gasteiger partial charge is 0.157 e. The number of nitrogens with zero attached hydrogens (tertiary/aromatic N) is 4. The first kappa shape index (κ1) is 15.3. The molecule has 3 aromatic heterocycles. The van der Waals surface area contributed by atoms with E-state index in [0.717, 1.165) is 23.6 Å². The van der Waals surface area contributed by atoms with Crippen molar-refractivity contribution in [3.8, 4) is 11.3 Å². The molecule has 0 aliphatic heterocycles. The number of nitrogens with one attached hydrogen (secondary N) is 1. The molecular weight excluding hydrogens is 321 g/mol. The van der Waals surface area contributed by atoms with Crippen LogP contribution >= 0.6 is 0 Å². The molecule has 0 fully saturated rings. The Morgan fingerprint density at radius 3 is 2.92 bits per heavy atom. The van der Waals surface area contributed by atoms with E-state index >= 15 is 0 Å². The van der Waals surface area contributed by atoms with E-state index in [1.54, 1.807) is 35.0 Å². The highest BCUT2D eigenvalue weighted by molar-refractivity contribution is 5.59. The Hall–Kier alpha value is -3.22. The number of hydrogen-bond acceptors (Lipinski definition) is 5. The van der Waals surface area contributed by atoms with Gasteiger partial charge in [-0.1, -0.05) is 24.2 Å². The lowest BCUT2D eigenvalue weighted by Crippen LogP contribution is -2.06. The molecule has 0 aliphatic rings. The summed E-state index contributed by atoms with van der Waals surface area (Å²) in [5.74, 6) is 1.10. The second-order valence-electron chi connectivity index (χ2n) is 5.60. The van der Waals surface area contributed by atoms with Crippen LogP contribution in [0.5, 0.6) is 0 Å². The third-order valence-electron chi connectivity index (χ3n) is 3.93. The minimum absolute atomic E-state index is 0.324. The van der Waals surface area contributed by atoms with E-state index in [9.17, 15) is 4.39 Å². The van der Waals surface area contributed by atoms with E-state index in [2.05, 4.69) is 27.5 Å². The Bertz CT molecular complexity index is 1020. The lowest BCUT2D eigenvalue weighted by atomic mass is 10.1. The molecule has 4 rings (SSSR count). The topological polar surface area (TPSA) is 68.2 Å². The second-order valence-corrected chi connectivity index (χ2v) is 5.60. The molecule has 0 amide bonds. The molecule has 6 nitrogen and oxygen atoms in total. The minimum atomic E-state index is -0.324. The Labute approximate surface area is 143 Å². The van der Waals surface area contributed by atoms with E-state index in [1.165, 1.54) is 6.07 Å². The van der Waals surface area contributed by atoms with Crippen LogP contribution in [0, 0.1) is 5.82 Å². The first-order valence-electron chi connectivity index (χ1n) is 8.02. The zero-order chi connectivity index (χ0) is 17.2. The van der Waals surface area contributed by atoms with Gasteiger partial charge in [-0.15, -0.1) is 0 Å².